The fourth-order valence-electron chi connectivity index (χ4n) is 3.68. The summed E-state index contributed by atoms with van der Waals surface area (Å²) in [4.78, 5) is 12.1. The van der Waals surface area contributed by atoms with Crippen LogP contribution < -0.4 is 10.2 Å². The summed E-state index contributed by atoms with van der Waals surface area (Å²) in [6.45, 7) is 2.84. The number of fused-ring (bicyclic) bond motifs is 1. The molecule has 0 saturated heterocycles. The number of nitrogens with zero attached hydrogens (tertiary/aromatic N) is 2. The smallest absolute Gasteiger partial charge is 0.277 e. The zero-order valence-electron chi connectivity index (χ0n) is 18.2. The van der Waals surface area contributed by atoms with E-state index in [0.29, 0.717) is 5.75 Å². The van der Waals surface area contributed by atoms with Crippen molar-refractivity contribution in [3.8, 4) is 5.75 Å². The van der Waals surface area contributed by atoms with Crippen LogP contribution in [-0.2, 0) is 17.8 Å². The summed E-state index contributed by atoms with van der Waals surface area (Å²) in [6, 6.07) is 26.3. The summed E-state index contributed by atoms with van der Waals surface area (Å²) in [5, 5.41) is 5.23. The number of aromatic nitrogens is 1. The average Bonchev–Trinajstić information content (AvgIpc) is 3.17. The fourth-order valence-corrected chi connectivity index (χ4v) is 3.68. The van der Waals surface area contributed by atoms with Gasteiger partial charge in [0.25, 0.3) is 5.91 Å². The number of para-hydroxylation sites is 1. The third-order valence-corrected chi connectivity index (χ3v) is 5.24. The number of amides is 1. The van der Waals surface area contributed by atoms with Crippen LogP contribution in [0.4, 0.5) is 0 Å². The monoisotopic (exact) mass is 425 g/mol. The van der Waals surface area contributed by atoms with Gasteiger partial charge in [0.1, 0.15) is 5.75 Å². The third-order valence-electron chi connectivity index (χ3n) is 5.24. The highest BCUT2D eigenvalue weighted by Crippen LogP contribution is 2.21. The normalized spacial score (nSPS) is 11.2. The Morgan fingerprint density at radius 1 is 0.969 bits per heavy atom. The molecule has 0 spiro atoms. The van der Waals surface area contributed by atoms with Crippen LogP contribution in [0.25, 0.3) is 10.9 Å². The number of hydrogen-bond acceptors (Lipinski definition) is 3. The molecule has 0 bridgehead atoms. The summed E-state index contributed by atoms with van der Waals surface area (Å²) >= 11 is 0. The van der Waals surface area contributed by atoms with Crippen molar-refractivity contribution in [3.63, 3.8) is 0 Å². The standard InChI is InChI=1S/C27H27N3O2/c1-2-8-21-13-15-24(16-14-21)32-20-27(31)29-28-17-23-19-30(18-22-9-4-3-5-10-22)26-12-7-6-11-25(23)26/h3-7,9-17,19H,2,8,18,20H2,1H3,(H,29,31)/b28-17+. The minimum Gasteiger partial charge on any atom is -0.484 e. The maximum atomic E-state index is 12.1. The van der Waals surface area contributed by atoms with Crippen LogP contribution in [-0.4, -0.2) is 23.3 Å². The quantitative estimate of drug-likeness (QED) is 0.297. The second-order valence-corrected chi connectivity index (χ2v) is 7.69. The molecule has 0 aliphatic heterocycles. The molecule has 5 heteroatoms. The highest BCUT2D eigenvalue weighted by atomic mass is 16.5. The van der Waals surface area contributed by atoms with Crippen molar-refractivity contribution in [2.24, 2.45) is 5.10 Å². The van der Waals surface area contributed by atoms with E-state index in [0.717, 1.165) is 35.9 Å². The van der Waals surface area contributed by atoms with E-state index < -0.39 is 0 Å². The maximum Gasteiger partial charge on any atom is 0.277 e. The number of benzene rings is 3. The van der Waals surface area contributed by atoms with Gasteiger partial charge in [0.2, 0.25) is 0 Å². The van der Waals surface area contributed by atoms with E-state index in [1.807, 2.05) is 54.6 Å². The number of carbonyl (C=O) groups excluding carboxylic acids is 1. The molecule has 0 atom stereocenters. The van der Waals surface area contributed by atoms with E-state index in [9.17, 15) is 4.79 Å². The Hall–Kier alpha value is -3.86. The molecule has 1 amide bonds. The first-order chi connectivity index (χ1) is 15.7. The van der Waals surface area contributed by atoms with Gasteiger partial charge < -0.3 is 9.30 Å². The summed E-state index contributed by atoms with van der Waals surface area (Å²) in [6.07, 6.45) is 5.88. The largest absolute Gasteiger partial charge is 0.484 e. The fraction of sp³-hybridized carbons (Fsp3) is 0.185. The molecule has 4 rings (SSSR count). The Morgan fingerprint density at radius 2 is 1.72 bits per heavy atom. The van der Waals surface area contributed by atoms with Crippen LogP contribution in [0.2, 0.25) is 0 Å². The first-order valence-corrected chi connectivity index (χ1v) is 10.9. The molecule has 32 heavy (non-hydrogen) atoms. The molecule has 0 aliphatic carbocycles. The van der Waals surface area contributed by atoms with Gasteiger partial charge >= 0.3 is 0 Å². The second-order valence-electron chi connectivity index (χ2n) is 7.69. The lowest BCUT2D eigenvalue weighted by atomic mass is 10.1. The highest BCUT2D eigenvalue weighted by Gasteiger charge is 2.07. The average molecular weight is 426 g/mol. The minimum absolute atomic E-state index is 0.0831. The lowest BCUT2D eigenvalue weighted by Crippen LogP contribution is -2.24. The number of aryl methyl sites for hydroxylation is 1. The lowest BCUT2D eigenvalue weighted by Gasteiger charge is -2.06. The molecule has 0 fully saturated rings. The summed E-state index contributed by atoms with van der Waals surface area (Å²) in [7, 11) is 0. The van der Waals surface area contributed by atoms with Crippen molar-refractivity contribution in [2.45, 2.75) is 26.3 Å². The van der Waals surface area contributed by atoms with Gasteiger partial charge in [-0.05, 0) is 35.7 Å². The molecule has 1 N–H and O–H groups in total. The van der Waals surface area contributed by atoms with Crippen LogP contribution in [0.3, 0.4) is 0 Å². The number of carbonyl (C=O) groups is 1. The van der Waals surface area contributed by atoms with Crippen molar-refractivity contribution in [2.75, 3.05) is 6.61 Å². The van der Waals surface area contributed by atoms with Crippen LogP contribution >= 0.6 is 0 Å². The SMILES string of the molecule is CCCc1ccc(OCC(=O)N/N=C/c2cn(Cc3ccccc3)c3ccccc23)cc1. The second kappa shape index (κ2) is 10.4. The summed E-state index contributed by atoms with van der Waals surface area (Å²) < 4.78 is 7.75. The molecule has 0 radical (unpaired) electrons. The molecule has 1 heterocycles. The molecular formula is C27H27N3O2. The molecule has 1 aromatic heterocycles. The Morgan fingerprint density at radius 3 is 2.50 bits per heavy atom. The zero-order valence-corrected chi connectivity index (χ0v) is 18.2. The molecule has 0 aliphatic rings. The minimum atomic E-state index is -0.299. The van der Waals surface area contributed by atoms with Gasteiger partial charge in [0, 0.05) is 29.2 Å². The van der Waals surface area contributed by atoms with Crippen molar-refractivity contribution < 1.29 is 9.53 Å². The van der Waals surface area contributed by atoms with E-state index in [4.69, 9.17) is 4.74 Å². The first-order valence-electron chi connectivity index (χ1n) is 10.9. The Kier molecular flexibility index (Phi) is 6.98. The van der Waals surface area contributed by atoms with Gasteiger partial charge in [-0.3, -0.25) is 4.79 Å². The van der Waals surface area contributed by atoms with E-state index in [1.165, 1.54) is 11.1 Å². The van der Waals surface area contributed by atoms with Gasteiger partial charge in [-0.1, -0.05) is 74.0 Å². The van der Waals surface area contributed by atoms with Crippen molar-refractivity contribution in [3.05, 3.63) is 102 Å². The summed E-state index contributed by atoms with van der Waals surface area (Å²) in [5.74, 6) is 0.375. The molecule has 5 nitrogen and oxygen atoms in total. The maximum absolute atomic E-state index is 12.1. The Balaban J connectivity index is 1.37. The molecular weight excluding hydrogens is 398 g/mol. The molecule has 3 aromatic carbocycles. The highest BCUT2D eigenvalue weighted by molar-refractivity contribution is 5.99. The summed E-state index contributed by atoms with van der Waals surface area (Å²) in [5.41, 5.74) is 7.12. The topological polar surface area (TPSA) is 55.6 Å². The van der Waals surface area contributed by atoms with E-state index in [1.54, 1.807) is 6.21 Å². The first kappa shape index (κ1) is 21.4. The van der Waals surface area contributed by atoms with Gasteiger partial charge in [-0.25, -0.2) is 5.43 Å². The number of hydrazone groups is 1. The number of hydrogen-bond donors (Lipinski definition) is 1. The molecule has 0 saturated carbocycles. The predicted octanol–water partition coefficient (Wildman–Crippen LogP) is 5.17. The molecule has 4 aromatic rings. The predicted molar refractivity (Wildman–Crippen MR) is 129 cm³/mol. The van der Waals surface area contributed by atoms with Crippen molar-refractivity contribution in [1.82, 2.24) is 9.99 Å². The van der Waals surface area contributed by atoms with Crippen molar-refractivity contribution >= 4 is 23.0 Å². The lowest BCUT2D eigenvalue weighted by molar-refractivity contribution is -0.123. The van der Waals surface area contributed by atoms with E-state index in [2.05, 4.69) is 52.5 Å². The Bertz CT molecular complexity index is 1190. The molecule has 0 unspecified atom stereocenters. The molecule has 162 valence electrons. The van der Waals surface area contributed by atoms with E-state index in [-0.39, 0.29) is 12.5 Å². The van der Waals surface area contributed by atoms with Crippen LogP contribution in [0, 0.1) is 0 Å². The zero-order chi connectivity index (χ0) is 22.2. The number of nitrogens with one attached hydrogen (secondary N) is 1. The number of rotatable bonds is 9. The Labute approximate surface area is 188 Å². The van der Waals surface area contributed by atoms with E-state index >= 15 is 0 Å². The van der Waals surface area contributed by atoms with Gasteiger partial charge in [-0.15, -0.1) is 0 Å². The van der Waals surface area contributed by atoms with Crippen LogP contribution in [0.15, 0.2) is 90.2 Å². The number of ether oxygens (including phenoxy) is 1. The third kappa shape index (κ3) is 5.43. The van der Waals surface area contributed by atoms with Gasteiger partial charge in [0.05, 0.1) is 6.21 Å². The van der Waals surface area contributed by atoms with Gasteiger partial charge in [0.15, 0.2) is 6.61 Å². The van der Waals surface area contributed by atoms with Crippen LogP contribution in [0.5, 0.6) is 5.75 Å². The van der Waals surface area contributed by atoms with Crippen molar-refractivity contribution in [1.29, 1.82) is 0 Å². The van der Waals surface area contributed by atoms with Crippen LogP contribution in [0.1, 0.15) is 30.0 Å². The van der Waals surface area contributed by atoms with Gasteiger partial charge in [-0.2, -0.15) is 5.10 Å².